The van der Waals surface area contributed by atoms with Crippen LogP contribution in [0, 0.1) is 0 Å². The van der Waals surface area contributed by atoms with Crippen LogP contribution in [0.1, 0.15) is 34.5 Å². The molecular weight excluding hydrogens is 490 g/mol. The number of nitrogen functional groups attached to an aromatic ring is 1. The van der Waals surface area contributed by atoms with Crippen molar-refractivity contribution < 1.29 is 19.0 Å². The number of ketones is 1. The summed E-state index contributed by atoms with van der Waals surface area (Å²) in [5.41, 5.74) is 7.62. The molecule has 2 aromatic rings. The van der Waals surface area contributed by atoms with Gasteiger partial charge in [0.15, 0.2) is 16.6 Å². The number of aromatic nitrogens is 1. The first-order valence-corrected chi connectivity index (χ1v) is 13.9. The number of anilines is 2. The molecule has 1 aromatic carbocycles. The molecule has 3 aliphatic heterocycles. The molecule has 2 fully saturated rings. The summed E-state index contributed by atoms with van der Waals surface area (Å²) in [6.45, 7) is 7.10. The monoisotopic (exact) mass is 523 g/mol. The molecule has 3 N–H and O–H groups in total. The van der Waals surface area contributed by atoms with E-state index in [2.05, 4.69) is 38.3 Å². The van der Waals surface area contributed by atoms with Gasteiger partial charge in [0.2, 0.25) is 5.78 Å². The molecular formula is C27H33N5O4S. The lowest BCUT2D eigenvalue weighted by atomic mass is 9.98. The molecule has 196 valence electrons. The molecule has 1 aromatic heterocycles. The van der Waals surface area contributed by atoms with Crippen molar-refractivity contribution in [1.29, 1.82) is 0 Å². The lowest BCUT2D eigenvalue weighted by Crippen LogP contribution is -2.50. The number of carbonyl (C=O) groups excluding carboxylic acids is 1. The van der Waals surface area contributed by atoms with Gasteiger partial charge in [0.1, 0.15) is 23.9 Å². The smallest absolute Gasteiger partial charge is 0.206 e. The number of piperidine rings is 1. The molecule has 1 atom stereocenters. The molecule has 10 heteroatoms. The molecule has 1 unspecified atom stereocenters. The Morgan fingerprint density at radius 2 is 1.81 bits per heavy atom. The molecule has 0 spiro atoms. The molecule has 0 radical (unpaired) electrons. The van der Waals surface area contributed by atoms with Gasteiger partial charge < -0.3 is 25.3 Å². The van der Waals surface area contributed by atoms with Gasteiger partial charge in [-0.1, -0.05) is 23.5 Å². The molecule has 4 heterocycles. The number of ether oxygens (including phenoxy) is 3. The number of likely N-dealkylation sites (tertiary alicyclic amines) is 1. The number of nitrogens with one attached hydrogen (secondary N) is 1. The second kappa shape index (κ2) is 10.8. The largest absolute Gasteiger partial charge is 0.486 e. The van der Waals surface area contributed by atoms with Crippen LogP contribution in [0.4, 0.5) is 10.9 Å². The summed E-state index contributed by atoms with van der Waals surface area (Å²) in [5, 5.41) is 3.95. The SMILES string of the molecule is Nc1nc(NC2=CCC(N3CCC(N4CCOCC4)CC3)C=C2)sc1C(=O)c1ccc2c(c1)OCCO2. The van der Waals surface area contributed by atoms with E-state index in [1.54, 1.807) is 18.2 Å². The maximum Gasteiger partial charge on any atom is 0.206 e. The van der Waals surface area contributed by atoms with Crippen molar-refractivity contribution in [3.63, 3.8) is 0 Å². The average Bonchev–Trinajstić information content (AvgIpc) is 3.33. The third kappa shape index (κ3) is 5.38. The van der Waals surface area contributed by atoms with E-state index in [4.69, 9.17) is 19.9 Å². The van der Waals surface area contributed by atoms with Gasteiger partial charge in [-0.25, -0.2) is 4.98 Å². The number of fused-ring (bicyclic) bond motifs is 1. The van der Waals surface area contributed by atoms with Crippen LogP contribution >= 0.6 is 11.3 Å². The molecule has 6 rings (SSSR count). The third-order valence-electron chi connectivity index (χ3n) is 7.52. The molecule has 0 amide bonds. The summed E-state index contributed by atoms with van der Waals surface area (Å²) < 4.78 is 16.7. The van der Waals surface area contributed by atoms with Crippen LogP contribution in [0.25, 0.3) is 0 Å². The minimum atomic E-state index is -0.172. The quantitative estimate of drug-likeness (QED) is 0.553. The van der Waals surface area contributed by atoms with E-state index in [1.165, 1.54) is 24.2 Å². The van der Waals surface area contributed by atoms with E-state index < -0.39 is 0 Å². The van der Waals surface area contributed by atoms with Crippen LogP contribution in [0.15, 0.2) is 42.1 Å². The minimum absolute atomic E-state index is 0.172. The minimum Gasteiger partial charge on any atom is -0.486 e. The Labute approximate surface area is 220 Å². The summed E-state index contributed by atoms with van der Waals surface area (Å²) in [6, 6.07) is 6.31. The number of nitrogens with zero attached hydrogens (tertiary/aromatic N) is 3. The van der Waals surface area contributed by atoms with Crippen molar-refractivity contribution in [2.75, 3.05) is 63.7 Å². The zero-order chi connectivity index (χ0) is 25.2. The van der Waals surface area contributed by atoms with E-state index in [0.717, 1.165) is 51.5 Å². The van der Waals surface area contributed by atoms with E-state index in [0.29, 0.717) is 52.4 Å². The number of rotatable bonds is 6. The number of benzene rings is 1. The number of morpholine rings is 1. The number of allylic oxidation sites excluding steroid dienone is 1. The molecule has 9 nitrogen and oxygen atoms in total. The van der Waals surface area contributed by atoms with Crippen molar-refractivity contribution in [3.05, 3.63) is 52.6 Å². The van der Waals surface area contributed by atoms with E-state index in [-0.39, 0.29) is 11.6 Å². The van der Waals surface area contributed by atoms with Crippen molar-refractivity contribution in [1.82, 2.24) is 14.8 Å². The van der Waals surface area contributed by atoms with E-state index >= 15 is 0 Å². The lowest BCUT2D eigenvalue weighted by Gasteiger charge is -2.42. The third-order valence-corrected chi connectivity index (χ3v) is 8.51. The second-order valence-corrected chi connectivity index (χ2v) is 10.8. The van der Waals surface area contributed by atoms with Crippen LogP contribution in [0.5, 0.6) is 11.5 Å². The highest BCUT2D eigenvalue weighted by molar-refractivity contribution is 7.18. The maximum atomic E-state index is 13.1. The number of hydrogen-bond donors (Lipinski definition) is 2. The summed E-state index contributed by atoms with van der Waals surface area (Å²) in [5.74, 6) is 1.29. The molecule has 0 saturated carbocycles. The van der Waals surface area contributed by atoms with Crippen LogP contribution in [0.3, 0.4) is 0 Å². The Morgan fingerprint density at radius 3 is 2.57 bits per heavy atom. The summed E-state index contributed by atoms with van der Waals surface area (Å²) in [6.07, 6.45) is 9.98. The Balaban J connectivity index is 1.04. The standard InChI is InChI=1S/C27H33N5O4S/c28-26-25(24(33)18-1-6-22-23(17-18)36-16-15-35-22)37-27(30-26)29-19-2-4-20(5-3-19)31-9-7-21(8-10-31)32-11-13-34-14-12-32/h1-4,6,17,20-21H,5,7-16,28H2,(H,29,30). The van der Waals surface area contributed by atoms with Crippen molar-refractivity contribution in [3.8, 4) is 11.5 Å². The molecule has 2 saturated heterocycles. The van der Waals surface area contributed by atoms with Gasteiger partial charge >= 0.3 is 0 Å². The summed E-state index contributed by atoms with van der Waals surface area (Å²) in [7, 11) is 0. The molecule has 37 heavy (non-hydrogen) atoms. The van der Waals surface area contributed by atoms with Gasteiger partial charge in [-0.05, 0) is 43.5 Å². The van der Waals surface area contributed by atoms with Gasteiger partial charge in [0.05, 0.1) is 13.2 Å². The highest BCUT2D eigenvalue weighted by Gasteiger charge is 2.29. The van der Waals surface area contributed by atoms with E-state index in [9.17, 15) is 4.79 Å². The fourth-order valence-corrected chi connectivity index (χ4v) is 6.35. The highest BCUT2D eigenvalue weighted by atomic mass is 32.1. The first kappa shape index (κ1) is 24.4. The molecule has 4 aliphatic rings. The van der Waals surface area contributed by atoms with Gasteiger partial charge in [0, 0.05) is 49.5 Å². The van der Waals surface area contributed by atoms with Crippen LogP contribution in [-0.2, 0) is 4.74 Å². The fraction of sp³-hybridized carbons (Fsp3) is 0.481. The summed E-state index contributed by atoms with van der Waals surface area (Å²) in [4.78, 5) is 23.1. The van der Waals surface area contributed by atoms with Crippen molar-refractivity contribution in [2.45, 2.75) is 31.3 Å². The second-order valence-electron chi connectivity index (χ2n) is 9.78. The Morgan fingerprint density at radius 1 is 1.03 bits per heavy atom. The number of carbonyl (C=O) groups is 1. The number of thiazole rings is 1. The highest BCUT2D eigenvalue weighted by Crippen LogP contribution is 2.34. The Hall–Kier alpha value is -2.92. The van der Waals surface area contributed by atoms with Gasteiger partial charge in [-0.15, -0.1) is 0 Å². The first-order valence-electron chi connectivity index (χ1n) is 13.1. The van der Waals surface area contributed by atoms with Crippen LogP contribution < -0.4 is 20.5 Å². The normalized spacial score (nSPS) is 23.0. The summed E-state index contributed by atoms with van der Waals surface area (Å²) >= 11 is 1.27. The Kier molecular flexibility index (Phi) is 7.14. The maximum absolute atomic E-state index is 13.1. The Bertz CT molecular complexity index is 1200. The molecule has 1 aliphatic carbocycles. The fourth-order valence-electron chi connectivity index (χ4n) is 5.49. The lowest BCUT2D eigenvalue weighted by molar-refractivity contribution is -0.00131. The van der Waals surface area contributed by atoms with Crippen molar-refractivity contribution in [2.24, 2.45) is 0 Å². The zero-order valence-electron chi connectivity index (χ0n) is 20.9. The predicted octanol–water partition coefficient (Wildman–Crippen LogP) is 3.15. The van der Waals surface area contributed by atoms with Gasteiger partial charge in [0.25, 0.3) is 0 Å². The predicted molar refractivity (Wildman–Crippen MR) is 144 cm³/mol. The van der Waals surface area contributed by atoms with E-state index in [1.807, 2.05) is 0 Å². The topological polar surface area (TPSA) is 102 Å². The average molecular weight is 524 g/mol. The van der Waals surface area contributed by atoms with Crippen molar-refractivity contribution >= 4 is 28.1 Å². The van der Waals surface area contributed by atoms with Gasteiger partial charge in [-0.2, -0.15) is 0 Å². The van der Waals surface area contributed by atoms with Crippen LogP contribution in [0.2, 0.25) is 0 Å². The molecule has 0 bridgehead atoms. The number of nitrogens with two attached hydrogens (primary N) is 1. The van der Waals surface area contributed by atoms with Crippen LogP contribution in [-0.4, -0.2) is 85.3 Å². The first-order chi connectivity index (χ1) is 18.1. The van der Waals surface area contributed by atoms with Gasteiger partial charge in [-0.3, -0.25) is 14.6 Å². The number of hydrogen-bond acceptors (Lipinski definition) is 10. The zero-order valence-corrected chi connectivity index (χ0v) is 21.7.